The van der Waals surface area contributed by atoms with Crippen LogP contribution in [0.4, 0.5) is 8.78 Å². The van der Waals surface area contributed by atoms with E-state index in [1.165, 1.54) is 12.1 Å². The van der Waals surface area contributed by atoms with Gasteiger partial charge in [-0.2, -0.15) is 0 Å². The maximum Gasteiger partial charge on any atom is 0.248 e. The second kappa shape index (κ2) is 5.88. The highest BCUT2D eigenvalue weighted by atomic mass is 35.5. The molecule has 0 atom stereocenters. The smallest absolute Gasteiger partial charge is 0.248 e. The molecule has 0 bridgehead atoms. The van der Waals surface area contributed by atoms with Gasteiger partial charge in [0.05, 0.1) is 5.02 Å². The van der Waals surface area contributed by atoms with Crippen LogP contribution in [0, 0.1) is 11.6 Å². The molecule has 0 unspecified atom stereocenters. The van der Waals surface area contributed by atoms with E-state index in [0.717, 1.165) is 12.1 Å². The molecular formula is C14H10ClF2NO2. The summed E-state index contributed by atoms with van der Waals surface area (Å²) in [5, 5.41) is -0.323. The van der Waals surface area contributed by atoms with Crippen LogP contribution in [0.2, 0.25) is 5.02 Å². The Morgan fingerprint density at radius 2 is 1.90 bits per heavy atom. The summed E-state index contributed by atoms with van der Waals surface area (Å²) in [7, 11) is 0. The number of amides is 1. The Balaban J connectivity index is 2.19. The third-order valence-electron chi connectivity index (χ3n) is 2.64. The number of carbonyl (C=O) groups excluding carboxylic acids is 1. The van der Waals surface area contributed by atoms with Crippen molar-refractivity contribution in [2.24, 2.45) is 5.73 Å². The molecule has 2 N–H and O–H groups in total. The average molecular weight is 298 g/mol. The third kappa shape index (κ3) is 3.05. The SMILES string of the molecule is NC(=O)c1cccc(OCc2c(F)ccc(F)c2Cl)c1. The first-order chi connectivity index (χ1) is 9.49. The van der Waals surface area contributed by atoms with Crippen molar-refractivity contribution in [3.8, 4) is 5.75 Å². The van der Waals surface area contributed by atoms with Gasteiger partial charge in [-0.05, 0) is 30.3 Å². The lowest BCUT2D eigenvalue weighted by Gasteiger charge is -2.10. The first-order valence-electron chi connectivity index (χ1n) is 5.64. The van der Waals surface area contributed by atoms with Crippen LogP contribution in [0.25, 0.3) is 0 Å². The van der Waals surface area contributed by atoms with Gasteiger partial charge in [0.25, 0.3) is 0 Å². The van der Waals surface area contributed by atoms with Gasteiger partial charge in [0, 0.05) is 11.1 Å². The van der Waals surface area contributed by atoms with Gasteiger partial charge < -0.3 is 10.5 Å². The second-order valence-corrected chi connectivity index (χ2v) is 4.38. The van der Waals surface area contributed by atoms with E-state index in [1.54, 1.807) is 12.1 Å². The number of rotatable bonds is 4. The Morgan fingerprint density at radius 3 is 2.60 bits per heavy atom. The van der Waals surface area contributed by atoms with Gasteiger partial charge in [0.15, 0.2) is 0 Å². The van der Waals surface area contributed by atoms with E-state index in [1.807, 2.05) is 0 Å². The van der Waals surface area contributed by atoms with Crippen LogP contribution in [-0.2, 0) is 6.61 Å². The molecule has 0 spiro atoms. The zero-order chi connectivity index (χ0) is 14.7. The molecule has 6 heteroatoms. The van der Waals surface area contributed by atoms with Crippen LogP contribution >= 0.6 is 11.6 Å². The van der Waals surface area contributed by atoms with E-state index < -0.39 is 17.5 Å². The van der Waals surface area contributed by atoms with E-state index in [9.17, 15) is 13.6 Å². The fraction of sp³-hybridized carbons (Fsp3) is 0.0714. The van der Waals surface area contributed by atoms with Gasteiger partial charge in [0.1, 0.15) is 24.0 Å². The zero-order valence-electron chi connectivity index (χ0n) is 10.2. The average Bonchev–Trinajstić information content (AvgIpc) is 2.43. The van der Waals surface area contributed by atoms with Crippen LogP contribution in [0.5, 0.6) is 5.75 Å². The summed E-state index contributed by atoms with van der Waals surface area (Å²) in [4.78, 5) is 11.0. The van der Waals surface area contributed by atoms with Gasteiger partial charge in [-0.3, -0.25) is 4.79 Å². The molecule has 1 amide bonds. The van der Waals surface area contributed by atoms with Crippen LogP contribution in [0.15, 0.2) is 36.4 Å². The lowest BCUT2D eigenvalue weighted by atomic mass is 10.2. The monoisotopic (exact) mass is 297 g/mol. The van der Waals surface area contributed by atoms with E-state index in [4.69, 9.17) is 22.1 Å². The van der Waals surface area contributed by atoms with Crippen molar-refractivity contribution in [2.45, 2.75) is 6.61 Å². The van der Waals surface area contributed by atoms with E-state index >= 15 is 0 Å². The number of hydrogen-bond donors (Lipinski definition) is 1. The maximum absolute atomic E-state index is 13.5. The lowest BCUT2D eigenvalue weighted by Crippen LogP contribution is -2.10. The van der Waals surface area contributed by atoms with E-state index in [2.05, 4.69) is 0 Å². The lowest BCUT2D eigenvalue weighted by molar-refractivity contribution is 0.1000. The van der Waals surface area contributed by atoms with Crippen molar-refractivity contribution in [3.63, 3.8) is 0 Å². The highest BCUT2D eigenvalue weighted by Crippen LogP contribution is 2.24. The largest absolute Gasteiger partial charge is 0.489 e. The Labute approximate surface area is 118 Å². The molecule has 2 rings (SSSR count). The molecule has 3 nitrogen and oxygen atoms in total. The highest BCUT2D eigenvalue weighted by Gasteiger charge is 2.13. The molecule has 0 radical (unpaired) electrons. The van der Waals surface area contributed by atoms with Crippen LogP contribution in [-0.4, -0.2) is 5.91 Å². The van der Waals surface area contributed by atoms with Crippen LogP contribution in [0.1, 0.15) is 15.9 Å². The highest BCUT2D eigenvalue weighted by molar-refractivity contribution is 6.31. The molecule has 0 fully saturated rings. The van der Waals surface area contributed by atoms with Gasteiger partial charge in [-0.1, -0.05) is 17.7 Å². The summed E-state index contributed by atoms with van der Waals surface area (Å²) in [5.74, 6) is -1.69. The summed E-state index contributed by atoms with van der Waals surface area (Å²) in [6.45, 7) is -0.259. The summed E-state index contributed by atoms with van der Waals surface area (Å²) in [6, 6.07) is 7.98. The van der Waals surface area contributed by atoms with Gasteiger partial charge in [0.2, 0.25) is 5.91 Å². The Bertz CT molecular complexity index is 662. The summed E-state index contributed by atoms with van der Waals surface area (Å²) < 4.78 is 32.1. The fourth-order valence-corrected chi connectivity index (χ4v) is 1.80. The Hall–Kier alpha value is -2.14. The molecular weight excluding hydrogens is 288 g/mol. The number of primary amides is 1. The quantitative estimate of drug-likeness (QED) is 0.880. The molecule has 0 aliphatic heterocycles. The minimum absolute atomic E-state index is 0.0869. The van der Waals surface area contributed by atoms with E-state index in [-0.39, 0.29) is 22.8 Å². The summed E-state index contributed by atoms with van der Waals surface area (Å²) in [5.41, 5.74) is 5.30. The normalized spacial score (nSPS) is 10.3. The van der Waals surface area contributed by atoms with Gasteiger partial charge in [-0.15, -0.1) is 0 Å². The molecule has 0 aromatic heterocycles. The number of benzene rings is 2. The number of halogens is 3. The fourth-order valence-electron chi connectivity index (χ4n) is 1.60. The number of carbonyl (C=O) groups is 1. The van der Waals surface area contributed by atoms with E-state index in [0.29, 0.717) is 5.75 Å². The van der Waals surface area contributed by atoms with Crippen molar-refractivity contribution < 1.29 is 18.3 Å². The second-order valence-electron chi connectivity index (χ2n) is 4.00. The first kappa shape index (κ1) is 14.3. The predicted octanol–water partition coefficient (Wildman–Crippen LogP) is 3.30. The topological polar surface area (TPSA) is 52.3 Å². The minimum atomic E-state index is -0.724. The molecule has 0 heterocycles. The number of hydrogen-bond acceptors (Lipinski definition) is 2. The van der Waals surface area contributed by atoms with Crippen LogP contribution in [0.3, 0.4) is 0 Å². The maximum atomic E-state index is 13.5. The summed E-state index contributed by atoms with van der Waals surface area (Å²) >= 11 is 5.68. The van der Waals surface area contributed by atoms with Crippen molar-refractivity contribution in [1.29, 1.82) is 0 Å². The standard InChI is InChI=1S/C14H10ClF2NO2/c15-13-10(11(16)4-5-12(13)17)7-20-9-3-1-2-8(6-9)14(18)19/h1-6H,7H2,(H2,18,19). The molecule has 20 heavy (non-hydrogen) atoms. The Kier molecular flexibility index (Phi) is 4.20. The van der Waals surface area contributed by atoms with Crippen molar-refractivity contribution >= 4 is 17.5 Å². The van der Waals surface area contributed by atoms with Crippen molar-refractivity contribution in [3.05, 3.63) is 64.2 Å². The molecule has 0 aliphatic rings. The van der Waals surface area contributed by atoms with Gasteiger partial charge in [-0.25, -0.2) is 8.78 Å². The molecule has 0 saturated heterocycles. The molecule has 2 aromatic carbocycles. The Morgan fingerprint density at radius 1 is 1.20 bits per heavy atom. The predicted molar refractivity (Wildman–Crippen MR) is 70.7 cm³/mol. The van der Waals surface area contributed by atoms with Crippen LogP contribution < -0.4 is 10.5 Å². The number of nitrogens with two attached hydrogens (primary N) is 1. The molecule has 0 aliphatic carbocycles. The molecule has 104 valence electrons. The first-order valence-corrected chi connectivity index (χ1v) is 6.02. The van der Waals surface area contributed by atoms with Crippen molar-refractivity contribution in [1.82, 2.24) is 0 Å². The summed E-state index contributed by atoms with van der Waals surface area (Å²) in [6.07, 6.45) is 0. The zero-order valence-corrected chi connectivity index (χ0v) is 11.0. The third-order valence-corrected chi connectivity index (χ3v) is 3.05. The molecule has 2 aromatic rings. The minimum Gasteiger partial charge on any atom is -0.489 e. The van der Waals surface area contributed by atoms with Crippen molar-refractivity contribution in [2.75, 3.05) is 0 Å². The molecule has 0 saturated carbocycles. The van der Waals surface area contributed by atoms with Gasteiger partial charge >= 0.3 is 0 Å². The number of ether oxygens (including phenoxy) is 1.